The number of rotatable bonds is 5. The molecule has 1 heterocycles. The molecule has 4 heteroatoms. The molecular formula is C9H18N4. The highest BCUT2D eigenvalue weighted by Gasteiger charge is 2.04. The molecule has 0 radical (unpaired) electrons. The smallest absolute Gasteiger partial charge is 0.138 e. The maximum absolute atomic E-state index is 4.22. The first-order valence-corrected chi connectivity index (χ1v) is 4.81. The summed E-state index contributed by atoms with van der Waals surface area (Å²) in [5.74, 6) is 1.09. The molecule has 0 bridgehead atoms. The number of hydrogen-bond donors (Lipinski definition) is 1. The van der Waals surface area contributed by atoms with Gasteiger partial charge >= 0.3 is 0 Å². The molecule has 4 nitrogen and oxygen atoms in total. The first kappa shape index (κ1) is 10.2. The molecule has 0 spiro atoms. The zero-order valence-corrected chi connectivity index (χ0v) is 8.62. The first-order valence-electron chi connectivity index (χ1n) is 4.81. The normalized spacial score (nSPS) is 13.2. The Bertz CT molecular complexity index is 244. The zero-order chi connectivity index (χ0) is 9.68. The number of nitrogens with zero attached hydrogens (tertiary/aromatic N) is 3. The van der Waals surface area contributed by atoms with Crippen LogP contribution >= 0.6 is 0 Å². The van der Waals surface area contributed by atoms with Crippen LogP contribution in [-0.4, -0.2) is 27.9 Å². The fourth-order valence-electron chi connectivity index (χ4n) is 1.24. The van der Waals surface area contributed by atoms with E-state index in [1.165, 1.54) is 0 Å². The Kier molecular flexibility index (Phi) is 3.89. The summed E-state index contributed by atoms with van der Waals surface area (Å²) in [5.41, 5.74) is 0. The van der Waals surface area contributed by atoms with Crippen LogP contribution in [0.15, 0.2) is 6.33 Å². The fraction of sp³-hybridized carbons (Fsp3) is 0.778. The van der Waals surface area contributed by atoms with Gasteiger partial charge in [0.05, 0.1) is 0 Å². The lowest BCUT2D eigenvalue weighted by molar-refractivity contribution is 0.532. The highest BCUT2D eigenvalue weighted by atomic mass is 15.3. The number of aryl methyl sites for hydroxylation is 2. The number of aromatic nitrogens is 3. The van der Waals surface area contributed by atoms with Crippen molar-refractivity contribution >= 4 is 0 Å². The van der Waals surface area contributed by atoms with E-state index in [-0.39, 0.29) is 0 Å². The quantitative estimate of drug-likeness (QED) is 0.733. The Morgan fingerprint density at radius 1 is 1.62 bits per heavy atom. The third-order valence-corrected chi connectivity index (χ3v) is 2.29. The van der Waals surface area contributed by atoms with Crippen molar-refractivity contribution in [3.63, 3.8) is 0 Å². The summed E-state index contributed by atoms with van der Waals surface area (Å²) in [5, 5.41) is 7.33. The van der Waals surface area contributed by atoms with Crippen molar-refractivity contribution in [2.75, 3.05) is 7.05 Å². The molecule has 1 unspecified atom stereocenters. The molecule has 1 rings (SSSR count). The summed E-state index contributed by atoms with van der Waals surface area (Å²) < 4.78 is 1.95. The Morgan fingerprint density at radius 2 is 2.38 bits per heavy atom. The molecule has 1 atom stereocenters. The molecule has 1 aromatic rings. The minimum atomic E-state index is 0.544. The average molecular weight is 182 g/mol. The van der Waals surface area contributed by atoms with Gasteiger partial charge in [-0.25, -0.2) is 4.98 Å². The van der Waals surface area contributed by atoms with Crippen LogP contribution in [0.2, 0.25) is 0 Å². The summed E-state index contributed by atoms with van der Waals surface area (Å²) in [4.78, 5) is 4.22. The van der Waals surface area contributed by atoms with Gasteiger partial charge in [-0.2, -0.15) is 5.10 Å². The number of hydrogen-bond acceptors (Lipinski definition) is 3. The highest BCUT2D eigenvalue weighted by molar-refractivity contribution is 4.85. The summed E-state index contributed by atoms with van der Waals surface area (Å²) in [6.45, 7) is 5.16. The maximum Gasteiger partial charge on any atom is 0.138 e. The van der Waals surface area contributed by atoms with E-state index in [2.05, 4.69) is 29.2 Å². The third kappa shape index (κ3) is 2.81. The van der Waals surface area contributed by atoms with Crippen molar-refractivity contribution in [3.05, 3.63) is 12.2 Å². The lowest BCUT2D eigenvalue weighted by Gasteiger charge is -2.09. The molecule has 0 aromatic carbocycles. The molecule has 0 fully saturated rings. The van der Waals surface area contributed by atoms with Crippen molar-refractivity contribution in [2.45, 2.75) is 39.3 Å². The van der Waals surface area contributed by atoms with Gasteiger partial charge in [0.15, 0.2) is 0 Å². The van der Waals surface area contributed by atoms with Crippen LogP contribution in [0.25, 0.3) is 0 Å². The second-order valence-corrected chi connectivity index (χ2v) is 3.22. The number of nitrogens with one attached hydrogen (secondary N) is 1. The van der Waals surface area contributed by atoms with E-state index < -0.39 is 0 Å². The van der Waals surface area contributed by atoms with Gasteiger partial charge in [0.1, 0.15) is 12.2 Å². The van der Waals surface area contributed by atoms with Crippen LogP contribution in [0.5, 0.6) is 0 Å². The zero-order valence-electron chi connectivity index (χ0n) is 8.62. The van der Waals surface area contributed by atoms with Crippen molar-refractivity contribution in [1.82, 2.24) is 20.1 Å². The van der Waals surface area contributed by atoms with Gasteiger partial charge in [0, 0.05) is 19.0 Å². The standard InChI is InChI=1S/C9H18N4/c1-4-13-9(11-7-12-13)6-5-8(2)10-3/h7-8,10H,4-6H2,1-3H3. The van der Waals surface area contributed by atoms with E-state index in [0.717, 1.165) is 25.2 Å². The first-order chi connectivity index (χ1) is 6.27. The molecule has 13 heavy (non-hydrogen) atoms. The van der Waals surface area contributed by atoms with Crippen LogP contribution in [0.3, 0.4) is 0 Å². The molecule has 74 valence electrons. The van der Waals surface area contributed by atoms with Crippen LogP contribution < -0.4 is 5.32 Å². The van der Waals surface area contributed by atoms with Gasteiger partial charge in [0.25, 0.3) is 0 Å². The Hall–Kier alpha value is -0.900. The molecule has 0 amide bonds. The SMILES string of the molecule is CCn1ncnc1CCC(C)NC. The van der Waals surface area contributed by atoms with Gasteiger partial charge in [-0.3, -0.25) is 4.68 Å². The molecule has 0 aliphatic rings. The molecule has 0 aliphatic heterocycles. The van der Waals surface area contributed by atoms with Gasteiger partial charge in [-0.15, -0.1) is 0 Å². The van der Waals surface area contributed by atoms with E-state index in [1.807, 2.05) is 11.7 Å². The summed E-state index contributed by atoms with van der Waals surface area (Å²) in [7, 11) is 1.98. The van der Waals surface area contributed by atoms with Crippen molar-refractivity contribution in [2.24, 2.45) is 0 Å². The van der Waals surface area contributed by atoms with E-state index in [1.54, 1.807) is 6.33 Å². The van der Waals surface area contributed by atoms with Crippen molar-refractivity contribution in [3.8, 4) is 0 Å². The molecule has 0 aliphatic carbocycles. The second-order valence-electron chi connectivity index (χ2n) is 3.22. The summed E-state index contributed by atoms with van der Waals surface area (Å²) in [6, 6.07) is 0.544. The fourth-order valence-corrected chi connectivity index (χ4v) is 1.24. The van der Waals surface area contributed by atoms with Gasteiger partial charge < -0.3 is 5.32 Å². The predicted molar refractivity (Wildman–Crippen MR) is 52.5 cm³/mol. The summed E-state index contributed by atoms with van der Waals surface area (Å²) in [6.07, 6.45) is 3.73. The lowest BCUT2D eigenvalue weighted by Crippen LogP contribution is -2.22. The minimum absolute atomic E-state index is 0.544. The van der Waals surface area contributed by atoms with Gasteiger partial charge in [0.2, 0.25) is 0 Å². The predicted octanol–water partition coefficient (Wildman–Crippen LogP) is 0.839. The van der Waals surface area contributed by atoms with Crippen LogP contribution in [0.1, 0.15) is 26.1 Å². The Labute approximate surface area is 79.4 Å². The van der Waals surface area contributed by atoms with Crippen molar-refractivity contribution in [1.29, 1.82) is 0 Å². The van der Waals surface area contributed by atoms with Crippen molar-refractivity contribution < 1.29 is 0 Å². The van der Waals surface area contributed by atoms with Crippen LogP contribution in [-0.2, 0) is 13.0 Å². The van der Waals surface area contributed by atoms with Crippen LogP contribution in [0.4, 0.5) is 0 Å². The second kappa shape index (κ2) is 4.97. The Morgan fingerprint density at radius 3 is 3.00 bits per heavy atom. The van der Waals surface area contributed by atoms with Crippen LogP contribution in [0, 0.1) is 0 Å². The van der Waals surface area contributed by atoms with E-state index >= 15 is 0 Å². The molecule has 0 saturated carbocycles. The molecular weight excluding hydrogens is 164 g/mol. The Balaban J connectivity index is 2.44. The van der Waals surface area contributed by atoms with Gasteiger partial charge in [-0.05, 0) is 27.3 Å². The van der Waals surface area contributed by atoms with E-state index in [9.17, 15) is 0 Å². The molecule has 0 saturated heterocycles. The van der Waals surface area contributed by atoms with Gasteiger partial charge in [-0.1, -0.05) is 0 Å². The van der Waals surface area contributed by atoms with E-state index in [4.69, 9.17) is 0 Å². The summed E-state index contributed by atoms with van der Waals surface area (Å²) >= 11 is 0. The maximum atomic E-state index is 4.22. The topological polar surface area (TPSA) is 42.7 Å². The monoisotopic (exact) mass is 182 g/mol. The van der Waals surface area contributed by atoms with E-state index in [0.29, 0.717) is 6.04 Å². The molecule has 1 N–H and O–H groups in total. The highest BCUT2D eigenvalue weighted by Crippen LogP contribution is 2.01. The lowest BCUT2D eigenvalue weighted by atomic mass is 10.2. The molecule has 1 aromatic heterocycles. The average Bonchev–Trinajstić information content (AvgIpc) is 2.61. The third-order valence-electron chi connectivity index (χ3n) is 2.29. The minimum Gasteiger partial charge on any atom is -0.317 e. The largest absolute Gasteiger partial charge is 0.317 e.